The molecule has 4 N–H and O–H groups in total. The summed E-state index contributed by atoms with van der Waals surface area (Å²) in [4.78, 5) is 13.2. The van der Waals surface area contributed by atoms with Gasteiger partial charge in [-0.15, -0.1) is 0 Å². The SMILES string of the molecule is COc1cccc(N2CCC(C(N)=O)C2)c1N. The molecule has 0 aromatic heterocycles. The highest BCUT2D eigenvalue weighted by Crippen LogP contribution is 2.34. The number of hydrogen-bond donors (Lipinski definition) is 2. The van der Waals surface area contributed by atoms with Crippen LogP contribution in [0.2, 0.25) is 0 Å². The van der Waals surface area contributed by atoms with Crippen molar-refractivity contribution in [1.82, 2.24) is 0 Å². The van der Waals surface area contributed by atoms with Crippen LogP contribution in [0.1, 0.15) is 6.42 Å². The van der Waals surface area contributed by atoms with Gasteiger partial charge < -0.3 is 21.1 Å². The summed E-state index contributed by atoms with van der Waals surface area (Å²) in [6, 6.07) is 5.64. The van der Waals surface area contributed by atoms with Crippen LogP contribution in [-0.2, 0) is 4.79 Å². The van der Waals surface area contributed by atoms with Crippen molar-refractivity contribution in [3.63, 3.8) is 0 Å². The highest BCUT2D eigenvalue weighted by Gasteiger charge is 2.28. The zero-order valence-electron chi connectivity index (χ0n) is 9.85. The van der Waals surface area contributed by atoms with Crippen LogP contribution in [0.5, 0.6) is 5.75 Å². The Balaban J connectivity index is 2.22. The van der Waals surface area contributed by atoms with Gasteiger partial charge in [0.05, 0.1) is 24.4 Å². The zero-order valence-corrected chi connectivity index (χ0v) is 9.85. The molecular formula is C12H17N3O2. The third-order valence-electron chi connectivity index (χ3n) is 3.19. The molecule has 17 heavy (non-hydrogen) atoms. The third kappa shape index (κ3) is 2.13. The Morgan fingerprint density at radius 2 is 2.29 bits per heavy atom. The van der Waals surface area contributed by atoms with Crippen LogP contribution < -0.4 is 21.1 Å². The molecule has 0 saturated carbocycles. The summed E-state index contributed by atoms with van der Waals surface area (Å²) < 4.78 is 5.18. The first kappa shape index (κ1) is 11.6. The number of rotatable bonds is 3. The first-order valence-corrected chi connectivity index (χ1v) is 5.60. The van der Waals surface area contributed by atoms with Gasteiger partial charge in [0.15, 0.2) is 0 Å². The molecule has 1 amide bonds. The lowest BCUT2D eigenvalue weighted by molar-refractivity contribution is -0.121. The number of methoxy groups -OCH3 is 1. The van der Waals surface area contributed by atoms with E-state index < -0.39 is 0 Å². The molecule has 5 nitrogen and oxygen atoms in total. The predicted octanol–water partition coefficient (Wildman–Crippen LogP) is 0.589. The molecule has 1 unspecified atom stereocenters. The summed E-state index contributed by atoms with van der Waals surface area (Å²) in [5, 5.41) is 0. The van der Waals surface area contributed by atoms with E-state index in [0.717, 1.165) is 18.7 Å². The van der Waals surface area contributed by atoms with Crippen LogP contribution in [0.15, 0.2) is 18.2 Å². The minimum absolute atomic E-state index is 0.0828. The first-order valence-electron chi connectivity index (χ1n) is 5.60. The van der Waals surface area contributed by atoms with Gasteiger partial charge in [-0.1, -0.05) is 6.07 Å². The molecule has 1 aromatic carbocycles. The summed E-state index contributed by atoms with van der Waals surface area (Å²) in [5.74, 6) is 0.333. The lowest BCUT2D eigenvalue weighted by Gasteiger charge is -2.21. The number of amides is 1. The van der Waals surface area contributed by atoms with Crippen LogP contribution in [0.3, 0.4) is 0 Å². The standard InChI is InChI=1S/C12H17N3O2/c1-17-10-4-2-3-9(11(10)13)15-6-5-8(7-15)12(14)16/h2-4,8H,5-7,13H2,1H3,(H2,14,16). The molecule has 0 radical (unpaired) electrons. The minimum Gasteiger partial charge on any atom is -0.495 e. The Hall–Kier alpha value is -1.91. The molecule has 0 aliphatic carbocycles. The fraction of sp³-hybridized carbons (Fsp3) is 0.417. The Bertz CT molecular complexity index is 434. The maximum Gasteiger partial charge on any atom is 0.222 e. The van der Waals surface area contributed by atoms with Gasteiger partial charge >= 0.3 is 0 Å². The summed E-state index contributed by atoms with van der Waals surface area (Å²) in [6.45, 7) is 1.43. The second-order valence-corrected chi connectivity index (χ2v) is 4.23. The highest BCUT2D eigenvalue weighted by molar-refractivity contribution is 5.80. The zero-order chi connectivity index (χ0) is 12.4. The second kappa shape index (κ2) is 4.53. The van der Waals surface area contributed by atoms with Gasteiger partial charge in [0, 0.05) is 13.1 Å². The largest absolute Gasteiger partial charge is 0.495 e. The van der Waals surface area contributed by atoms with Crippen LogP contribution >= 0.6 is 0 Å². The van der Waals surface area contributed by atoms with E-state index in [1.54, 1.807) is 7.11 Å². The monoisotopic (exact) mass is 235 g/mol. The van der Waals surface area contributed by atoms with Gasteiger partial charge in [-0.05, 0) is 18.6 Å². The highest BCUT2D eigenvalue weighted by atomic mass is 16.5. The van der Waals surface area contributed by atoms with Gasteiger partial charge in [-0.2, -0.15) is 0 Å². The molecule has 0 bridgehead atoms. The van der Waals surface area contributed by atoms with Crippen LogP contribution in [0.4, 0.5) is 11.4 Å². The fourth-order valence-electron chi connectivity index (χ4n) is 2.20. The molecule has 92 valence electrons. The third-order valence-corrected chi connectivity index (χ3v) is 3.19. The first-order chi connectivity index (χ1) is 8.13. The average Bonchev–Trinajstić information content (AvgIpc) is 2.78. The maximum absolute atomic E-state index is 11.1. The van der Waals surface area contributed by atoms with E-state index in [9.17, 15) is 4.79 Å². The molecule has 1 saturated heterocycles. The fourth-order valence-corrected chi connectivity index (χ4v) is 2.20. The minimum atomic E-state index is -0.242. The number of benzene rings is 1. The number of primary amides is 1. The van der Waals surface area contributed by atoms with E-state index >= 15 is 0 Å². The molecule has 1 aliphatic rings. The van der Waals surface area contributed by atoms with Crippen molar-refractivity contribution in [2.24, 2.45) is 11.7 Å². The van der Waals surface area contributed by atoms with Gasteiger partial charge in [0.25, 0.3) is 0 Å². The topological polar surface area (TPSA) is 81.6 Å². The quantitative estimate of drug-likeness (QED) is 0.751. The molecule has 1 fully saturated rings. The van der Waals surface area contributed by atoms with E-state index in [4.69, 9.17) is 16.2 Å². The number of ether oxygens (including phenoxy) is 1. The smallest absolute Gasteiger partial charge is 0.222 e. The Morgan fingerprint density at radius 1 is 1.53 bits per heavy atom. The molecule has 0 spiro atoms. The number of para-hydroxylation sites is 1. The van der Waals surface area contributed by atoms with Crippen molar-refractivity contribution in [2.45, 2.75) is 6.42 Å². The number of carbonyl (C=O) groups is 1. The molecule has 1 heterocycles. The summed E-state index contributed by atoms with van der Waals surface area (Å²) >= 11 is 0. The number of nitrogen functional groups attached to an aromatic ring is 1. The van der Waals surface area contributed by atoms with E-state index in [-0.39, 0.29) is 11.8 Å². The number of carbonyl (C=O) groups excluding carboxylic acids is 1. The van der Waals surface area contributed by atoms with Crippen molar-refractivity contribution in [3.05, 3.63) is 18.2 Å². The van der Waals surface area contributed by atoms with E-state index in [2.05, 4.69) is 4.90 Å². The Kier molecular flexibility index (Phi) is 3.08. The van der Waals surface area contributed by atoms with E-state index in [0.29, 0.717) is 18.0 Å². The molecule has 5 heteroatoms. The molecular weight excluding hydrogens is 218 g/mol. The predicted molar refractivity (Wildman–Crippen MR) is 66.9 cm³/mol. The molecule has 1 atom stereocenters. The Labute approximate surface area is 100 Å². The van der Waals surface area contributed by atoms with Gasteiger partial charge in [-0.25, -0.2) is 0 Å². The van der Waals surface area contributed by atoms with Gasteiger partial charge in [0.1, 0.15) is 5.75 Å². The van der Waals surface area contributed by atoms with Crippen molar-refractivity contribution in [1.29, 1.82) is 0 Å². The molecule has 1 aliphatic heterocycles. The van der Waals surface area contributed by atoms with Crippen molar-refractivity contribution in [3.8, 4) is 5.75 Å². The van der Waals surface area contributed by atoms with E-state index in [1.165, 1.54) is 0 Å². The number of nitrogens with zero attached hydrogens (tertiary/aromatic N) is 1. The normalized spacial score (nSPS) is 19.4. The summed E-state index contributed by atoms with van der Waals surface area (Å²) in [6.07, 6.45) is 0.784. The van der Waals surface area contributed by atoms with Gasteiger partial charge in [-0.3, -0.25) is 4.79 Å². The molecule has 2 rings (SSSR count). The Morgan fingerprint density at radius 3 is 2.88 bits per heavy atom. The number of nitrogens with two attached hydrogens (primary N) is 2. The average molecular weight is 235 g/mol. The van der Waals surface area contributed by atoms with E-state index in [1.807, 2.05) is 18.2 Å². The molecule has 1 aromatic rings. The van der Waals surface area contributed by atoms with Crippen molar-refractivity contribution in [2.75, 3.05) is 30.8 Å². The van der Waals surface area contributed by atoms with Crippen molar-refractivity contribution >= 4 is 17.3 Å². The number of hydrogen-bond acceptors (Lipinski definition) is 4. The maximum atomic E-state index is 11.1. The van der Waals surface area contributed by atoms with Gasteiger partial charge in [0.2, 0.25) is 5.91 Å². The summed E-state index contributed by atoms with van der Waals surface area (Å²) in [7, 11) is 1.59. The lowest BCUT2D eigenvalue weighted by atomic mass is 10.1. The van der Waals surface area contributed by atoms with Crippen LogP contribution in [0.25, 0.3) is 0 Å². The summed E-state index contributed by atoms with van der Waals surface area (Å²) in [5.41, 5.74) is 12.8. The lowest BCUT2D eigenvalue weighted by Crippen LogP contribution is -2.27. The second-order valence-electron chi connectivity index (χ2n) is 4.23. The number of anilines is 2. The van der Waals surface area contributed by atoms with Crippen molar-refractivity contribution < 1.29 is 9.53 Å². The van der Waals surface area contributed by atoms with Crippen LogP contribution in [-0.4, -0.2) is 26.1 Å². The van der Waals surface area contributed by atoms with Crippen LogP contribution in [0, 0.1) is 5.92 Å².